The van der Waals surface area contributed by atoms with Gasteiger partial charge in [0.1, 0.15) is 5.75 Å². The smallest absolute Gasteiger partial charge is 0.161 e. The van der Waals surface area contributed by atoms with Crippen molar-refractivity contribution < 1.29 is 4.74 Å². The van der Waals surface area contributed by atoms with Gasteiger partial charge in [0.25, 0.3) is 0 Å². The molecule has 1 heterocycles. The van der Waals surface area contributed by atoms with Gasteiger partial charge in [-0.1, -0.05) is 11.8 Å². The predicted molar refractivity (Wildman–Crippen MR) is 70.6 cm³/mol. The number of amidine groups is 1. The predicted octanol–water partition coefficient (Wildman–Crippen LogP) is 2.99. The molecule has 1 aromatic carbocycles. The van der Waals surface area contributed by atoms with Gasteiger partial charge in [-0.05, 0) is 38.1 Å². The first kappa shape index (κ1) is 11.3. The summed E-state index contributed by atoms with van der Waals surface area (Å²) in [6, 6.07) is 8.38. The van der Waals surface area contributed by atoms with Crippen molar-refractivity contribution in [3.8, 4) is 5.75 Å². The van der Waals surface area contributed by atoms with Crippen LogP contribution in [0.4, 0.5) is 5.69 Å². The number of anilines is 1. The number of aliphatic imine (C=N–C) groups is 1. The molecule has 0 saturated carbocycles. The van der Waals surface area contributed by atoms with Crippen molar-refractivity contribution in [3.63, 3.8) is 0 Å². The van der Waals surface area contributed by atoms with Gasteiger partial charge in [0.15, 0.2) is 5.17 Å². The van der Waals surface area contributed by atoms with E-state index in [1.807, 2.05) is 31.2 Å². The van der Waals surface area contributed by atoms with Crippen LogP contribution in [0.15, 0.2) is 29.3 Å². The van der Waals surface area contributed by atoms with Crippen LogP contribution in [0.5, 0.6) is 5.75 Å². The lowest BCUT2D eigenvalue weighted by atomic mass is 10.3. The number of hydrogen-bond donors (Lipinski definition) is 1. The van der Waals surface area contributed by atoms with E-state index in [2.05, 4.69) is 17.2 Å². The lowest BCUT2D eigenvalue weighted by Crippen LogP contribution is -2.04. The van der Waals surface area contributed by atoms with E-state index in [1.165, 1.54) is 0 Å². The zero-order valence-electron chi connectivity index (χ0n) is 9.56. The van der Waals surface area contributed by atoms with Crippen LogP contribution in [0.3, 0.4) is 0 Å². The molecule has 1 aromatic rings. The minimum atomic E-state index is 0.426. The molecule has 4 heteroatoms. The third-order valence-electron chi connectivity index (χ3n) is 2.22. The number of benzene rings is 1. The second-order valence-electron chi connectivity index (χ2n) is 3.68. The Labute approximate surface area is 100 Å². The molecule has 0 aliphatic carbocycles. The number of rotatable bonds is 3. The van der Waals surface area contributed by atoms with Gasteiger partial charge in [0.2, 0.25) is 0 Å². The van der Waals surface area contributed by atoms with Gasteiger partial charge in [-0.15, -0.1) is 0 Å². The van der Waals surface area contributed by atoms with E-state index < -0.39 is 0 Å². The number of hydrogen-bond acceptors (Lipinski definition) is 4. The van der Waals surface area contributed by atoms with Gasteiger partial charge >= 0.3 is 0 Å². The zero-order chi connectivity index (χ0) is 11.4. The molecule has 16 heavy (non-hydrogen) atoms. The molecule has 0 amide bonds. The Morgan fingerprint density at radius 2 is 2.19 bits per heavy atom. The maximum atomic E-state index is 5.38. The van der Waals surface area contributed by atoms with Gasteiger partial charge < -0.3 is 10.1 Å². The Kier molecular flexibility index (Phi) is 3.72. The van der Waals surface area contributed by atoms with Crippen LogP contribution in [0.25, 0.3) is 0 Å². The molecule has 0 bridgehead atoms. The fourth-order valence-electron chi connectivity index (χ4n) is 1.47. The van der Waals surface area contributed by atoms with E-state index in [1.54, 1.807) is 11.8 Å². The molecule has 0 fully saturated rings. The molecule has 2 rings (SSSR count). The standard InChI is InChI=1S/C12H16N2OS/c1-3-15-11-6-4-10(5-7-11)14-12-13-9(2)8-16-12/h4-7,9H,3,8H2,1-2H3,(H,13,14). The van der Waals surface area contributed by atoms with Crippen molar-refractivity contribution in [2.45, 2.75) is 19.9 Å². The highest BCUT2D eigenvalue weighted by Crippen LogP contribution is 2.21. The van der Waals surface area contributed by atoms with Crippen LogP contribution < -0.4 is 10.1 Å². The first-order valence-corrected chi connectivity index (χ1v) is 6.47. The Morgan fingerprint density at radius 3 is 2.75 bits per heavy atom. The van der Waals surface area contributed by atoms with Crippen LogP contribution >= 0.6 is 11.8 Å². The summed E-state index contributed by atoms with van der Waals surface area (Å²) in [7, 11) is 0. The molecule has 1 aliphatic rings. The van der Waals surface area contributed by atoms with Gasteiger partial charge in [-0.25, -0.2) is 0 Å². The van der Waals surface area contributed by atoms with Crippen LogP contribution in [-0.2, 0) is 0 Å². The number of nitrogens with zero attached hydrogens (tertiary/aromatic N) is 1. The lowest BCUT2D eigenvalue weighted by Gasteiger charge is -2.06. The summed E-state index contributed by atoms with van der Waals surface area (Å²) in [5.74, 6) is 1.97. The van der Waals surface area contributed by atoms with E-state index in [-0.39, 0.29) is 0 Å². The molecule has 0 saturated heterocycles. The van der Waals surface area contributed by atoms with Crippen LogP contribution in [0, 0.1) is 0 Å². The van der Waals surface area contributed by atoms with E-state index in [9.17, 15) is 0 Å². The van der Waals surface area contributed by atoms with Crippen LogP contribution in [0.2, 0.25) is 0 Å². The van der Waals surface area contributed by atoms with Crippen LogP contribution in [0.1, 0.15) is 13.8 Å². The second kappa shape index (κ2) is 5.25. The Hall–Kier alpha value is -1.16. The van der Waals surface area contributed by atoms with Crippen molar-refractivity contribution in [1.82, 2.24) is 0 Å². The van der Waals surface area contributed by atoms with Gasteiger partial charge in [0, 0.05) is 11.4 Å². The SMILES string of the molecule is CCOc1ccc(NC2=NC(C)CS2)cc1. The summed E-state index contributed by atoms with van der Waals surface area (Å²) in [4.78, 5) is 4.48. The van der Waals surface area contributed by atoms with Crippen molar-refractivity contribution >= 4 is 22.6 Å². The molecule has 3 nitrogen and oxygen atoms in total. The first-order chi connectivity index (χ1) is 7.78. The van der Waals surface area contributed by atoms with Gasteiger partial charge in [0.05, 0.1) is 12.6 Å². The molecular formula is C12H16N2OS. The summed E-state index contributed by atoms with van der Waals surface area (Å²) < 4.78 is 5.38. The molecule has 0 spiro atoms. The number of nitrogens with one attached hydrogen (secondary N) is 1. The highest BCUT2D eigenvalue weighted by molar-refractivity contribution is 8.14. The fourth-order valence-corrected chi connectivity index (χ4v) is 2.39. The number of ether oxygens (including phenoxy) is 1. The fraction of sp³-hybridized carbons (Fsp3) is 0.417. The molecule has 1 aliphatic heterocycles. The van der Waals surface area contributed by atoms with Crippen molar-refractivity contribution in [1.29, 1.82) is 0 Å². The van der Waals surface area contributed by atoms with Crippen molar-refractivity contribution in [3.05, 3.63) is 24.3 Å². The average molecular weight is 236 g/mol. The van der Waals surface area contributed by atoms with E-state index in [4.69, 9.17) is 4.74 Å². The molecule has 0 aromatic heterocycles. The first-order valence-electron chi connectivity index (χ1n) is 5.48. The highest BCUT2D eigenvalue weighted by atomic mass is 32.2. The third kappa shape index (κ3) is 2.92. The summed E-state index contributed by atoms with van der Waals surface area (Å²) in [5, 5.41) is 4.31. The summed E-state index contributed by atoms with van der Waals surface area (Å²) in [6.07, 6.45) is 0. The zero-order valence-corrected chi connectivity index (χ0v) is 10.4. The summed E-state index contributed by atoms with van der Waals surface area (Å²) >= 11 is 1.77. The van der Waals surface area contributed by atoms with Crippen molar-refractivity contribution in [2.75, 3.05) is 17.7 Å². The van der Waals surface area contributed by atoms with Crippen molar-refractivity contribution in [2.24, 2.45) is 4.99 Å². The maximum absolute atomic E-state index is 5.38. The lowest BCUT2D eigenvalue weighted by molar-refractivity contribution is 0.340. The highest BCUT2D eigenvalue weighted by Gasteiger charge is 2.13. The van der Waals surface area contributed by atoms with E-state index >= 15 is 0 Å². The van der Waals surface area contributed by atoms with Crippen LogP contribution in [-0.4, -0.2) is 23.6 Å². The topological polar surface area (TPSA) is 33.6 Å². The van der Waals surface area contributed by atoms with Gasteiger partial charge in [-0.3, -0.25) is 4.99 Å². The normalized spacial score (nSPS) is 19.4. The molecule has 1 N–H and O–H groups in total. The minimum absolute atomic E-state index is 0.426. The monoisotopic (exact) mass is 236 g/mol. The Bertz CT molecular complexity index is 375. The number of thioether (sulfide) groups is 1. The molecule has 0 radical (unpaired) electrons. The third-order valence-corrected chi connectivity index (χ3v) is 3.35. The largest absolute Gasteiger partial charge is 0.494 e. The molecule has 1 atom stereocenters. The van der Waals surface area contributed by atoms with E-state index in [0.29, 0.717) is 12.6 Å². The quantitative estimate of drug-likeness (QED) is 0.876. The molecular weight excluding hydrogens is 220 g/mol. The van der Waals surface area contributed by atoms with E-state index in [0.717, 1.165) is 22.4 Å². The Balaban J connectivity index is 1.97. The summed E-state index contributed by atoms with van der Waals surface area (Å²) in [5.41, 5.74) is 1.06. The maximum Gasteiger partial charge on any atom is 0.161 e. The molecule has 1 unspecified atom stereocenters. The minimum Gasteiger partial charge on any atom is -0.494 e. The summed E-state index contributed by atoms with van der Waals surface area (Å²) in [6.45, 7) is 4.81. The molecule has 86 valence electrons. The second-order valence-corrected chi connectivity index (χ2v) is 4.69. The average Bonchev–Trinajstić information content (AvgIpc) is 2.67. The Morgan fingerprint density at radius 1 is 1.44 bits per heavy atom. The van der Waals surface area contributed by atoms with Gasteiger partial charge in [-0.2, -0.15) is 0 Å².